The zero-order chi connectivity index (χ0) is 13.2. The van der Waals surface area contributed by atoms with Gasteiger partial charge in [0.1, 0.15) is 0 Å². The molecule has 1 aliphatic rings. The molecule has 0 unspecified atom stereocenters. The SMILES string of the molecule is C[C]1[CH][CH][C]([Si](C(C)C)(C(C)C)C(C)C)[CH][CH]1.[Cl-].[Cl-].[Ru+3]. The van der Waals surface area contributed by atoms with Gasteiger partial charge in [-0.2, -0.15) is 0 Å². The quantitative estimate of drug-likeness (QED) is 0.523. The van der Waals surface area contributed by atoms with Crippen LogP contribution in [0.5, 0.6) is 0 Å². The Bertz CT molecular complexity index is 215. The van der Waals surface area contributed by atoms with Crippen LogP contribution in [0.4, 0.5) is 0 Å². The summed E-state index contributed by atoms with van der Waals surface area (Å²) in [5.74, 6) is 1.37. The Balaban J connectivity index is -0.000000963. The fourth-order valence-electron chi connectivity index (χ4n) is 3.84. The third-order valence-electron chi connectivity index (χ3n) is 4.42. The molecular formula is C16H28Cl2RuSi+. The van der Waals surface area contributed by atoms with Crippen LogP contribution in [-0.4, -0.2) is 8.07 Å². The molecule has 0 nitrogen and oxygen atoms in total. The van der Waals surface area contributed by atoms with E-state index in [1.807, 2.05) is 0 Å². The molecule has 0 N–H and O–H groups in total. The van der Waals surface area contributed by atoms with Gasteiger partial charge < -0.3 is 24.8 Å². The summed E-state index contributed by atoms with van der Waals surface area (Å²) >= 11 is 0. The summed E-state index contributed by atoms with van der Waals surface area (Å²) in [5.41, 5.74) is 4.03. The molecule has 1 saturated carbocycles. The van der Waals surface area contributed by atoms with E-state index >= 15 is 0 Å². The number of hydrogen-bond acceptors (Lipinski definition) is 0. The van der Waals surface area contributed by atoms with Crippen LogP contribution in [0.25, 0.3) is 0 Å². The van der Waals surface area contributed by atoms with Gasteiger partial charge >= 0.3 is 19.5 Å². The maximum Gasteiger partial charge on any atom is 3.00 e. The minimum Gasteiger partial charge on any atom is -1.00 e. The predicted molar refractivity (Wildman–Crippen MR) is 80.4 cm³/mol. The molecule has 117 valence electrons. The first-order valence-corrected chi connectivity index (χ1v) is 9.13. The molecule has 1 fully saturated rings. The van der Waals surface area contributed by atoms with Crippen molar-refractivity contribution >= 4 is 8.07 Å². The standard InChI is InChI=1S/C16H28Si.2ClH.Ru/c1-12(2)17(13(3)4,14(5)6)16-10-8-15(7)9-11-16;;;/h8-14H,1-7H3;2*1H;/q;;;+3/p-2. The molecule has 7 radical (unpaired) electrons. The maximum absolute atomic E-state index is 2.42. The molecule has 4 heteroatoms. The van der Waals surface area contributed by atoms with Crippen molar-refractivity contribution in [1.82, 2.24) is 0 Å². The van der Waals surface area contributed by atoms with Gasteiger partial charge in [-0.05, 0) is 37.1 Å². The summed E-state index contributed by atoms with van der Waals surface area (Å²) < 4.78 is 0. The molecular weight excluding hydrogens is 392 g/mol. The fraction of sp³-hybridized carbons (Fsp3) is 0.625. The van der Waals surface area contributed by atoms with Crippen LogP contribution in [-0.2, 0) is 19.5 Å². The Kier molecular flexibility index (Phi) is 14.5. The Morgan fingerprint density at radius 2 is 1.00 bits per heavy atom. The molecule has 0 aromatic rings. The van der Waals surface area contributed by atoms with Crippen molar-refractivity contribution in [2.24, 2.45) is 0 Å². The van der Waals surface area contributed by atoms with Gasteiger partial charge in [0.25, 0.3) is 0 Å². The Morgan fingerprint density at radius 1 is 0.700 bits per heavy atom. The molecule has 0 heterocycles. The van der Waals surface area contributed by atoms with Crippen LogP contribution in [0.3, 0.4) is 0 Å². The first-order chi connectivity index (χ1) is 7.83. The topological polar surface area (TPSA) is 0 Å². The van der Waals surface area contributed by atoms with E-state index in [1.165, 1.54) is 5.92 Å². The van der Waals surface area contributed by atoms with Crippen molar-refractivity contribution in [1.29, 1.82) is 0 Å². The van der Waals surface area contributed by atoms with E-state index in [2.05, 4.69) is 74.1 Å². The van der Waals surface area contributed by atoms with Gasteiger partial charge in [0, 0.05) is 0 Å². The Hall–Kier alpha value is 1.42. The monoisotopic (exact) mass is 420 g/mol. The van der Waals surface area contributed by atoms with Crippen molar-refractivity contribution in [3.05, 3.63) is 37.1 Å². The van der Waals surface area contributed by atoms with Gasteiger partial charge in [-0.15, -0.1) is 0 Å². The zero-order valence-corrected chi connectivity index (χ0v) is 17.9. The van der Waals surface area contributed by atoms with Gasteiger partial charge in [-0.25, -0.2) is 0 Å². The van der Waals surface area contributed by atoms with Gasteiger partial charge in [-0.1, -0.05) is 65.1 Å². The largest absolute Gasteiger partial charge is 3.00 e. The van der Waals surface area contributed by atoms with E-state index in [-0.39, 0.29) is 44.3 Å². The second kappa shape index (κ2) is 11.0. The summed E-state index contributed by atoms with van der Waals surface area (Å²) in [6.45, 7) is 16.7. The fourth-order valence-corrected chi connectivity index (χ4v) is 10.6. The van der Waals surface area contributed by atoms with Crippen LogP contribution >= 0.6 is 0 Å². The minimum atomic E-state index is -1.43. The van der Waals surface area contributed by atoms with E-state index in [9.17, 15) is 0 Å². The van der Waals surface area contributed by atoms with Crippen molar-refractivity contribution < 1.29 is 44.3 Å². The van der Waals surface area contributed by atoms with Gasteiger partial charge in [0.15, 0.2) is 0 Å². The van der Waals surface area contributed by atoms with Gasteiger partial charge in [-0.3, -0.25) is 0 Å². The Labute approximate surface area is 154 Å². The summed E-state index contributed by atoms with van der Waals surface area (Å²) in [4.78, 5) is 0. The van der Waals surface area contributed by atoms with Crippen LogP contribution < -0.4 is 24.8 Å². The molecule has 0 aromatic carbocycles. The second-order valence-corrected chi connectivity index (χ2v) is 12.2. The van der Waals surface area contributed by atoms with E-state index < -0.39 is 8.07 Å². The van der Waals surface area contributed by atoms with Crippen LogP contribution in [0, 0.1) is 37.1 Å². The predicted octanol–water partition coefficient (Wildman–Crippen LogP) is -0.790. The van der Waals surface area contributed by atoms with Crippen molar-refractivity contribution in [2.45, 2.75) is 65.1 Å². The molecule has 0 aliphatic heterocycles. The van der Waals surface area contributed by atoms with Crippen molar-refractivity contribution in [2.75, 3.05) is 0 Å². The normalized spacial score (nSPS) is 17.7. The first kappa shape index (κ1) is 26.3. The molecule has 1 rings (SSSR count). The number of hydrogen-bond donors (Lipinski definition) is 0. The third kappa shape index (κ3) is 5.25. The summed E-state index contributed by atoms with van der Waals surface area (Å²) in [6, 6.07) is 0. The smallest absolute Gasteiger partial charge is 1.00 e. The van der Waals surface area contributed by atoms with Crippen LogP contribution in [0.15, 0.2) is 0 Å². The second-order valence-electron chi connectivity index (χ2n) is 6.26. The molecule has 0 atom stereocenters. The minimum absolute atomic E-state index is 0. The molecule has 20 heavy (non-hydrogen) atoms. The van der Waals surface area contributed by atoms with Gasteiger partial charge in [0.2, 0.25) is 0 Å². The maximum atomic E-state index is 2.42. The van der Waals surface area contributed by atoms with Crippen molar-refractivity contribution in [3.8, 4) is 0 Å². The first-order valence-electron chi connectivity index (χ1n) is 6.90. The average molecular weight is 420 g/mol. The van der Waals surface area contributed by atoms with E-state index in [4.69, 9.17) is 0 Å². The Morgan fingerprint density at radius 3 is 1.25 bits per heavy atom. The van der Waals surface area contributed by atoms with E-state index in [1.54, 1.807) is 5.54 Å². The van der Waals surface area contributed by atoms with Crippen LogP contribution in [0.1, 0.15) is 48.5 Å². The number of rotatable bonds is 4. The summed E-state index contributed by atoms with van der Waals surface area (Å²) in [5, 5.41) is 0. The zero-order valence-electron chi connectivity index (χ0n) is 13.7. The molecule has 0 amide bonds. The molecule has 1 aliphatic carbocycles. The number of halogens is 2. The average Bonchev–Trinajstić information content (AvgIpc) is 2.20. The molecule has 0 bridgehead atoms. The summed E-state index contributed by atoms with van der Waals surface area (Å²) in [7, 11) is -1.43. The third-order valence-corrected chi connectivity index (χ3v) is 11.5. The van der Waals surface area contributed by atoms with E-state index in [0.717, 1.165) is 16.6 Å². The summed E-state index contributed by atoms with van der Waals surface area (Å²) in [6.07, 6.45) is 9.34. The molecule has 0 aromatic heterocycles. The van der Waals surface area contributed by atoms with Crippen LogP contribution in [0.2, 0.25) is 16.6 Å². The molecule has 0 saturated heterocycles. The van der Waals surface area contributed by atoms with Crippen molar-refractivity contribution in [3.63, 3.8) is 0 Å². The van der Waals surface area contributed by atoms with E-state index in [0.29, 0.717) is 0 Å². The van der Waals surface area contributed by atoms with Gasteiger partial charge in [0.05, 0.1) is 8.07 Å². The molecule has 0 spiro atoms.